The third-order valence-corrected chi connectivity index (χ3v) is 4.56. The lowest BCUT2D eigenvalue weighted by Gasteiger charge is -2.44. The Morgan fingerprint density at radius 3 is 2.90 bits per heavy atom. The zero-order chi connectivity index (χ0) is 14.0. The first-order valence-corrected chi connectivity index (χ1v) is 7.44. The van der Waals surface area contributed by atoms with Gasteiger partial charge in [-0.2, -0.15) is 0 Å². The molecule has 1 N–H and O–H groups in total. The van der Waals surface area contributed by atoms with Crippen molar-refractivity contribution >= 4 is 5.91 Å². The number of rotatable bonds is 2. The lowest BCUT2D eigenvalue weighted by molar-refractivity contribution is -0.148. The van der Waals surface area contributed by atoms with Crippen LogP contribution < -0.4 is 5.32 Å². The summed E-state index contributed by atoms with van der Waals surface area (Å²) in [4.78, 5) is 14.7. The maximum Gasteiger partial charge on any atom is 0.230 e. The molecule has 4 heteroatoms. The van der Waals surface area contributed by atoms with Gasteiger partial charge in [0.05, 0.1) is 5.41 Å². The van der Waals surface area contributed by atoms with Crippen molar-refractivity contribution in [2.24, 2.45) is 5.41 Å². The van der Waals surface area contributed by atoms with Crippen LogP contribution in [0.15, 0.2) is 24.3 Å². The van der Waals surface area contributed by atoms with Crippen LogP contribution in [0.2, 0.25) is 0 Å². The predicted octanol–water partition coefficient (Wildman–Crippen LogP) is 2.32. The van der Waals surface area contributed by atoms with Gasteiger partial charge in [0.2, 0.25) is 5.91 Å². The Labute approximate surface area is 119 Å². The summed E-state index contributed by atoms with van der Waals surface area (Å²) in [6.45, 7) is 3.12. The van der Waals surface area contributed by atoms with Crippen LogP contribution in [0.25, 0.3) is 0 Å². The van der Waals surface area contributed by atoms with Crippen LogP contribution in [0.4, 0.5) is 4.39 Å². The molecular weight excluding hydrogens is 255 g/mol. The Kier molecular flexibility index (Phi) is 3.74. The van der Waals surface area contributed by atoms with E-state index in [2.05, 4.69) is 5.32 Å². The molecule has 2 aliphatic heterocycles. The van der Waals surface area contributed by atoms with E-state index in [-0.39, 0.29) is 17.1 Å². The summed E-state index contributed by atoms with van der Waals surface area (Å²) in [7, 11) is 0. The molecule has 3 nitrogen and oxygen atoms in total. The van der Waals surface area contributed by atoms with E-state index < -0.39 is 0 Å². The third kappa shape index (κ3) is 2.57. The number of hydrogen-bond acceptors (Lipinski definition) is 2. The fraction of sp³-hybridized carbons (Fsp3) is 0.562. The highest BCUT2D eigenvalue weighted by molar-refractivity contribution is 5.84. The molecular formula is C16H21FN2O. The second kappa shape index (κ2) is 5.52. The minimum absolute atomic E-state index is 0.205. The number of carbonyl (C=O) groups is 1. The first-order chi connectivity index (χ1) is 9.70. The molecule has 2 aliphatic rings. The van der Waals surface area contributed by atoms with E-state index in [1.807, 2.05) is 11.0 Å². The summed E-state index contributed by atoms with van der Waals surface area (Å²) in [5.74, 6) is 0.0150. The van der Waals surface area contributed by atoms with Crippen molar-refractivity contribution in [3.8, 4) is 0 Å². The molecule has 1 aromatic carbocycles. The molecule has 2 heterocycles. The zero-order valence-corrected chi connectivity index (χ0v) is 11.7. The van der Waals surface area contributed by atoms with Crippen molar-refractivity contribution in [1.82, 2.24) is 10.2 Å². The van der Waals surface area contributed by atoms with Gasteiger partial charge in [0.1, 0.15) is 5.82 Å². The van der Waals surface area contributed by atoms with Gasteiger partial charge in [0.15, 0.2) is 0 Å². The summed E-state index contributed by atoms with van der Waals surface area (Å²) >= 11 is 0. The van der Waals surface area contributed by atoms with E-state index in [0.29, 0.717) is 6.54 Å². The monoisotopic (exact) mass is 276 g/mol. The van der Waals surface area contributed by atoms with Crippen LogP contribution in [0.5, 0.6) is 0 Å². The standard InChI is InChI=1S/C16H21FN2O/c17-14-5-1-4-13(10-14)11-19-9-3-7-16(15(19)20)6-2-8-18-12-16/h1,4-5,10,18H,2-3,6-9,11-12H2. The van der Waals surface area contributed by atoms with Crippen LogP contribution in [0.3, 0.4) is 0 Å². The smallest absolute Gasteiger partial charge is 0.230 e. The Morgan fingerprint density at radius 2 is 2.15 bits per heavy atom. The SMILES string of the molecule is O=C1N(Cc2cccc(F)c2)CCCC12CCCNC2. The van der Waals surface area contributed by atoms with Crippen LogP contribution in [0, 0.1) is 11.2 Å². The van der Waals surface area contributed by atoms with E-state index in [9.17, 15) is 9.18 Å². The molecule has 1 atom stereocenters. The molecule has 1 aromatic rings. The summed E-state index contributed by atoms with van der Waals surface area (Å²) in [5, 5.41) is 3.36. The van der Waals surface area contributed by atoms with Crippen LogP contribution in [0.1, 0.15) is 31.2 Å². The average molecular weight is 276 g/mol. The van der Waals surface area contributed by atoms with Gasteiger partial charge in [-0.05, 0) is 49.9 Å². The van der Waals surface area contributed by atoms with E-state index in [4.69, 9.17) is 0 Å². The number of hydrogen-bond donors (Lipinski definition) is 1. The molecule has 0 radical (unpaired) electrons. The van der Waals surface area contributed by atoms with Gasteiger partial charge in [-0.1, -0.05) is 12.1 Å². The quantitative estimate of drug-likeness (QED) is 0.899. The molecule has 0 saturated carbocycles. The maximum absolute atomic E-state index is 13.3. The Bertz CT molecular complexity index is 491. The van der Waals surface area contributed by atoms with Crippen LogP contribution in [-0.4, -0.2) is 30.4 Å². The summed E-state index contributed by atoms with van der Waals surface area (Å²) in [6.07, 6.45) is 4.08. The van der Waals surface area contributed by atoms with Crippen molar-refractivity contribution in [1.29, 1.82) is 0 Å². The highest BCUT2D eigenvalue weighted by Crippen LogP contribution is 2.37. The maximum atomic E-state index is 13.3. The van der Waals surface area contributed by atoms with Crippen LogP contribution >= 0.6 is 0 Å². The van der Waals surface area contributed by atoms with Crippen molar-refractivity contribution in [3.63, 3.8) is 0 Å². The number of nitrogens with zero attached hydrogens (tertiary/aromatic N) is 1. The largest absolute Gasteiger partial charge is 0.338 e. The van der Waals surface area contributed by atoms with Gasteiger partial charge in [0.25, 0.3) is 0 Å². The molecule has 2 saturated heterocycles. The second-order valence-electron chi connectivity index (χ2n) is 6.02. The zero-order valence-electron chi connectivity index (χ0n) is 11.7. The van der Waals surface area contributed by atoms with E-state index >= 15 is 0 Å². The molecule has 108 valence electrons. The normalized spacial score (nSPS) is 27.1. The first kappa shape index (κ1) is 13.6. The molecule has 3 rings (SSSR count). The van der Waals surface area contributed by atoms with Crippen molar-refractivity contribution < 1.29 is 9.18 Å². The van der Waals surface area contributed by atoms with E-state index in [1.165, 1.54) is 12.1 Å². The Hall–Kier alpha value is -1.42. The van der Waals surface area contributed by atoms with Gasteiger partial charge in [-0.3, -0.25) is 4.79 Å². The van der Waals surface area contributed by atoms with E-state index in [1.54, 1.807) is 6.07 Å². The lowest BCUT2D eigenvalue weighted by Crippen LogP contribution is -2.54. The minimum Gasteiger partial charge on any atom is -0.338 e. The molecule has 1 unspecified atom stereocenters. The third-order valence-electron chi connectivity index (χ3n) is 4.56. The van der Waals surface area contributed by atoms with E-state index in [0.717, 1.165) is 50.9 Å². The number of piperidine rings is 2. The average Bonchev–Trinajstić information content (AvgIpc) is 2.45. The number of halogens is 1. The summed E-state index contributed by atoms with van der Waals surface area (Å²) in [5.41, 5.74) is 0.670. The number of carbonyl (C=O) groups excluding carboxylic acids is 1. The Morgan fingerprint density at radius 1 is 1.30 bits per heavy atom. The van der Waals surface area contributed by atoms with Gasteiger partial charge in [-0.25, -0.2) is 4.39 Å². The molecule has 0 aliphatic carbocycles. The lowest BCUT2D eigenvalue weighted by atomic mass is 9.73. The fourth-order valence-electron chi connectivity index (χ4n) is 3.52. The highest BCUT2D eigenvalue weighted by atomic mass is 19.1. The van der Waals surface area contributed by atoms with Crippen molar-refractivity contribution in [2.45, 2.75) is 32.2 Å². The highest BCUT2D eigenvalue weighted by Gasteiger charge is 2.44. The number of benzene rings is 1. The molecule has 0 bridgehead atoms. The topological polar surface area (TPSA) is 32.3 Å². The van der Waals surface area contributed by atoms with Crippen molar-refractivity contribution in [3.05, 3.63) is 35.6 Å². The number of nitrogens with one attached hydrogen (secondary N) is 1. The van der Waals surface area contributed by atoms with Gasteiger partial charge < -0.3 is 10.2 Å². The molecule has 20 heavy (non-hydrogen) atoms. The summed E-state index contributed by atoms with van der Waals surface area (Å²) in [6, 6.07) is 6.55. The molecule has 1 amide bonds. The van der Waals surface area contributed by atoms with Gasteiger partial charge in [-0.15, -0.1) is 0 Å². The summed E-state index contributed by atoms with van der Waals surface area (Å²) < 4.78 is 13.3. The Balaban J connectivity index is 1.75. The van der Waals surface area contributed by atoms with Gasteiger partial charge in [0, 0.05) is 19.6 Å². The first-order valence-electron chi connectivity index (χ1n) is 7.44. The second-order valence-corrected chi connectivity index (χ2v) is 6.02. The number of amides is 1. The van der Waals surface area contributed by atoms with Gasteiger partial charge >= 0.3 is 0 Å². The molecule has 0 aromatic heterocycles. The minimum atomic E-state index is -0.235. The van der Waals surface area contributed by atoms with Crippen LogP contribution in [-0.2, 0) is 11.3 Å². The predicted molar refractivity (Wildman–Crippen MR) is 75.6 cm³/mol. The fourth-order valence-corrected chi connectivity index (χ4v) is 3.52. The molecule has 1 spiro atoms. The number of likely N-dealkylation sites (tertiary alicyclic amines) is 1. The molecule has 2 fully saturated rings. The van der Waals surface area contributed by atoms with Crippen molar-refractivity contribution in [2.75, 3.05) is 19.6 Å².